The minimum Gasteiger partial charge on any atom is -0.462 e. The number of benzene rings is 2. The van der Waals surface area contributed by atoms with Gasteiger partial charge < -0.3 is 4.74 Å². The number of halogens is 1. The molecule has 0 radical (unpaired) electrons. The molecule has 2 aromatic rings. The van der Waals surface area contributed by atoms with Crippen LogP contribution < -0.4 is 0 Å². The molecule has 92 valence electrons. The molecule has 0 bridgehead atoms. The molecule has 0 saturated carbocycles. The van der Waals surface area contributed by atoms with Gasteiger partial charge in [0.25, 0.3) is 0 Å². The van der Waals surface area contributed by atoms with E-state index < -0.39 is 0 Å². The predicted molar refractivity (Wildman–Crippen MR) is 79.6 cm³/mol. The van der Waals surface area contributed by atoms with Gasteiger partial charge in [0.15, 0.2) is 0 Å². The van der Waals surface area contributed by atoms with Crippen molar-refractivity contribution in [3.05, 3.63) is 69.3 Å². The maximum atomic E-state index is 11.7. The Morgan fingerprint density at radius 2 is 1.67 bits per heavy atom. The summed E-state index contributed by atoms with van der Waals surface area (Å²) in [6, 6.07) is 17.2. The molecule has 0 amide bonds. The number of hydrogen-bond acceptors (Lipinski definition) is 2. The molecule has 0 aliphatic rings. The molecule has 0 fully saturated rings. The summed E-state index contributed by atoms with van der Waals surface area (Å²) in [7, 11) is 0. The Hall–Kier alpha value is -1.36. The van der Waals surface area contributed by atoms with Crippen LogP contribution in [0.25, 0.3) is 0 Å². The van der Waals surface area contributed by atoms with Crippen LogP contribution in [-0.2, 0) is 11.2 Å². The highest BCUT2D eigenvalue weighted by molar-refractivity contribution is 14.1. The molecule has 0 spiro atoms. The highest BCUT2D eigenvalue weighted by atomic mass is 127. The molecular formula is C15H13IO2. The Morgan fingerprint density at radius 1 is 1.00 bits per heavy atom. The van der Waals surface area contributed by atoms with Crippen LogP contribution in [0, 0.1) is 3.57 Å². The summed E-state index contributed by atoms with van der Waals surface area (Å²) in [5.74, 6) is -0.262. The maximum absolute atomic E-state index is 11.7. The average Bonchev–Trinajstić information content (AvgIpc) is 2.42. The first-order chi connectivity index (χ1) is 8.77. The van der Waals surface area contributed by atoms with Crippen LogP contribution >= 0.6 is 22.6 Å². The van der Waals surface area contributed by atoms with Crippen molar-refractivity contribution in [3.63, 3.8) is 0 Å². The van der Waals surface area contributed by atoms with Crippen molar-refractivity contribution in [2.45, 2.75) is 6.42 Å². The van der Waals surface area contributed by atoms with Crippen LogP contribution in [0.4, 0.5) is 0 Å². The zero-order valence-corrected chi connectivity index (χ0v) is 12.0. The van der Waals surface area contributed by atoms with Crippen molar-refractivity contribution >= 4 is 28.6 Å². The summed E-state index contributed by atoms with van der Waals surface area (Å²) in [5.41, 5.74) is 1.80. The second-order valence-corrected chi connectivity index (χ2v) is 5.01. The van der Waals surface area contributed by atoms with E-state index in [-0.39, 0.29) is 5.97 Å². The van der Waals surface area contributed by atoms with Gasteiger partial charge in [0.05, 0.1) is 12.2 Å². The highest BCUT2D eigenvalue weighted by Gasteiger charge is 2.06. The SMILES string of the molecule is O=C(OCCc1ccccc1I)c1ccccc1. The van der Waals surface area contributed by atoms with Gasteiger partial charge in [-0.1, -0.05) is 36.4 Å². The van der Waals surface area contributed by atoms with E-state index in [4.69, 9.17) is 4.74 Å². The Kier molecular flexibility index (Phi) is 4.75. The number of esters is 1. The number of carbonyl (C=O) groups is 1. The number of ether oxygens (including phenoxy) is 1. The third-order valence-electron chi connectivity index (χ3n) is 2.57. The molecule has 0 saturated heterocycles. The summed E-state index contributed by atoms with van der Waals surface area (Å²) in [4.78, 5) is 11.7. The molecule has 2 aromatic carbocycles. The third-order valence-corrected chi connectivity index (χ3v) is 3.62. The molecule has 2 rings (SSSR count). The van der Waals surface area contributed by atoms with E-state index in [0.717, 1.165) is 6.42 Å². The summed E-state index contributed by atoms with van der Waals surface area (Å²) in [6.07, 6.45) is 0.748. The van der Waals surface area contributed by atoms with Gasteiger partial charge in [-0.2, -0.15) is 0 Å². The van der Waals surface area contributed by atoms with Gasteiger partial charge in [-0.25, -0.2) is 4.79 Å². The maximum Gasteiger partial charge on any atom is 0.338 e. The summed E-state index contributed by atoms with van der Waals surface area (Å²) in [6.45, 7) is 0.410. The Morgan fingerprint density at radius 3 is 2.39 bits per heavy atom. The van der Waals surface area contributed by atoms with Gasteiger partial charge in [0.1, 0.15) is 0 Å². The van der Waals surface area contributed by atoms with Gasteiger partial charge in [0.2, 0.25) is 0 Å². The van der Waals surface area contributed by atoms with Crippen LogP contribution in [0.15, 0.2) is 54.6 Å². The van der Waals surface area contributed by atoms with Crippen LogP contribution in [0.1, 0.15) is 15.9 Å². The van der Waals surface area contributed by atoms with Gasteiger partial charge in [-0.15, -0.1) is 0 Å². The Balaban J connectivity index is 1.86. The average molecular weight is 352 g/mol. The van der Waals surface area contributed by atoms with E-state index in [1.807, 2.05) is 30.3 Å². The second-order valence-electron chi connectivity index (χ2n) is 3.84. The van der Waals surface area contributed by atoms with Gasteiger partial charge >= 0.3 is 5.97 Å². The fraction of sp³-hybridized carbons (Fsp3) is 0.133. The summed E-state index contributed by atoms with van der Waals surface area (Å²) >= 11 is 2.29. The van der Waals surface area contributed by atoms with E-state index >= 15 is 0 Å². The molecule has 3 heteroatoms. The van der Waals surface area contributed by atoms with Gasteiger partial charge in [0, 0.05) is 9.99 Å². The fourth-order valence-electron chi connectivity index (χ4n) is 1.61. The van der Waals surface area contributed by atoms with E-state index in [9.17, 15) is 4.79 Å². The first-order valence-electron chi connectivity index (χ1n) is 5.73. The topological polar surface area (TPSA) is 26.3 Å². The van der Waals surface area contributed by atoms with Crippen LogP contribution in [0.2, 0.25) is 0 Å². The van der Waals surface area contributed by atoms with Crippen molar-refractivity contribution < 1.29 is 9.53 Å². The second kappa shape index (κ2) is 6.54. The molecule has 0 aliphatic carbocycles. The Labute approximate surface area is 120 Å². The lowest BCUT2D eigenvalue weighted by Crippen LogP contribution is -2.08. The molecule has 0 atom stereocenters. The number of carbonyl (C=O) groups excluding carboxylic acids is 1. The van der Waals surface area contributed by atoms with E-state index in [2.05, 4.69) is 34.7 Å². The predicted octanol–water partition coefficient (Wildman–Crippen LogP) is 3.69. The minimum atomic E-state index is -0.262. The molecule has 18 heavy (non-hydrogen) atoms. The number of hydrogen-bond donors (Lipinski definition) is 0. The normalized spacial score (nSPS) is 10.1. The summed E-state index contributed by atoms with van der Waals surface area (Å²) in [5, 5.41) is 0. The first-order valence-corrected chi connectivity index (χ1v) is 6.81. The van der Waals surface area contributed by atoms with Crippen LogP contribution in [-0.4, -0.2) is 12.6 Å². The van der Waals surface area contributed by atoms with Crippen molar-refractivity contribution in [1.82, 2.24) is 0 Å². The van der Waals surface area contributed by atoms with E-state index in [0.29, 0.717) is 12.2 Å². The smallest absolute Gasteiger partial charge is 0.338 e. The monoisotopic (exact) mass is 352 g/mol. The van der Waals surface area contributed by atoms with Crippen LogP contribution in [0.3, 0.4) is 0 Å². The Bertz CT molecular complexity index is 523. The van der Waals surface area contributed by atoms with E-state index in [1.54, 1.807) is 12.1 Å². The van der Waals surface area contributed by atoms with Gasteiger partial charge in [-0.05, 0) is 46.4 Å². The lowest BCUT2D eigenvalue weighted by molar-refractivity contribution is 0.0509. The lowest BCUT2D eigenvalue weighted by atomic mass is 10.2. The minimum absolute atomic E-state index is 0.262. The van der Waals surface area contributed by atoms with Crippen molar-refractivity contribution in [2.24, 2.45) is 0 Å². The molecule has 2 nitrogen and oxygen atoms in total. The lowest BCUT2D eigenvalue weighted by Gasteiger charge is -2.06. The molecular weight excluding hydrogens is 339 g/mol. The molecule has 0 N–H and O–H groups in total. The molecule has 0 unspecified atom stereocenters. The van der Waals surface area contributed by atoms with Gasteiger partial charge in [-0.3, -0.25) is 0 Å². The summed E-state index contributed by atoms with van der Waals surface area (Å²) < 4.78 is 6.44. The van der Waals surface area contributed by atoms with E-state index in [1.165, 1.54) is 9.13 Å². The zero-order valence-electron chi connectivity index (χ0n) is 9.80. The number of rotatable bonds is 4. The highest BCUT2D eigenvalue weighted by Crippen LogP contribution is 2.12. The van der Waals surface area contributed by atoms with Crippen molar-refractivity contribution in [1.29, 1.82) is 0 Å². The van der Waals surface area contributed by atoms with Crippen molar-refractivity contribution in [3.8, 4) is 0 Å². The quantitative estimate of drug-likeness (QED) is 0.620. The fourth-order valence-corrected chi connectivity index (χ4v) is 2.27. The standard InChI is InChI=1S/C15H13IO2/c16-14-9-5-4-6-12(14)10-11-18-15(17)13-7-2-1-3-8-13/h1-9H,10-11H2. The molecule has 0 aliphatic heterocycles. The van der Waals surface area contributed by atoms with Crippen LogP contribution in [0.5, 0.6) is 0 Å². The molecule has 0 heterocycles. The zero-order chi connectivity index (χ0) is 12.8. The first kappa shape index (κ1) is 13.1. The molecule has 0 aromatic heterocycles. The van der Waals surface area contributed by atoms with Crippen molar-refractivity contribution in [2.75, 3.05) is 6.61 Å². The third kappa shape index (κ3) is 3.57. The largest absolute Gasteiger partial charge is 0.462 e.